The number of aliphatic hydroxyl groups is 2. The molecule has 2 unspecified atom stereocenters. The topological polar surface area (TPSA) is 66.5 Å². The lowest BCUT2D eigenvalue weighted by atomic mass is 9.92. The van der Waals surface area contributed by atoms with Gasteiger partial charge in [0.1, 0.15) is 12.2 Å². The number of hydrogen-bond acceptors (Lipinski definition) is 3. The van der Waals surface area contributed by atoms with Crippen LogP contribution < -0.4 is 5.73 Å². The highest BCUT2D eigenvalue weighted by Crippen LogP contribution is 2.32. The minimum atomic E-state index is -0.841. The fourth-order valence-electron chi connectivity index (χ4n) is 3.50. The highest BCUT2D eigenvalue weighted by molar-refractivity contribution is 5.53. The van der Waals surface area contributed by atoms with Crippen LogP contribution in [0.15, 0.2) is 66.7 Å². The lowest BCUT2D eigenvalue weighted by Gasteiger charge is -2.19. The van der Waals surface area contributed by atoms with Gasteiger partial charge in [0, 0.05) is 11.3 Å². The number of hydrogen-bond donors (Lipinski definition) is 3. The summed E-state index contributed by atoms with van der Waals surface area (Å²) in [6.45, 7) is 8.57. The monoisotopic (exact) mass is 389 g/mol. The van der Waals surface area contributed by atoms with Gasteiger partial charge in [-0.3, -0.25) is 0 Å². The van der Waals surface area contributed by atoms with Gasteiger partial charge in [0.05, 0.1) is 0 Å². The normalized spacial score (nSPS) is 13.7. The maximum Gasteiger partial charge on any atom is 0.106 e. The number of anilines is 1. The van der Waals surface area contributed by atoms with Gasteiger partial charge in [-0.05, 0) is 51.8 Å². The Morgan fingerprint density at radius 1 is 0.552 bits per heavy atom. The number of benzene rings is 3. The second-order valence-electron chi connectivity index (χ2n) is 8.34. The zero-order valence-corrected chi connectivity index (χ0v) is 17.6. The van der Waals surface area contributed by atoms with E-state index in [1.54, 1.807) is 12.1 Å². The average Bonchev–Trinajstić information content (AvgIpc) is 2.73. The van der Waals surface area contributed by atoms with Crippen molar-refractivity contribution < 1.29 is 10.2 Å². The van der Waals surface area contributed by atoms with E-state index in [9.17, 15) is 10.2 Å². The van der Waals surface area contributed by atoms with Crippen LogP contribution in [-0.2, 0) is 0 Å². The Balaban J connectivity index is 1.88. The highest BCUT2D eigenvalue weighted by atomic mass is 16.3. The molecule has 0 saturated carbocycles. The third kappa shape index (κ3) is 4.69. The summed E-state index contributed by atoms with van der Waals surface area (Å²) in [7, 11) is 0. The lowest BCUT2D eigenvalue weighted by molar-refractivity contribution is 0.214. The van der Waals surface area contributed by atoms with Gasteiger partial charge in [-0.15, -0.1) is 0 Å². The molecule has 0 spiro atoms. The maximum absolute atomic E-state index is 10.9. The SMILES string of the molecule is CC(C)c1ccc(C(O)c2ccc(N)c(C(O)c3ccc(C(C)C)cc3)c2)cc1. The predicted octanol–water partition coefficient (Wildman–Crippen LogP) is 5.68. The first kappa shape index (κ1) is 21.1. The molecule has 0 aromatic heterocycles. The predicted molar refractivity (Wildman–Crippen MR) is 120 cm³/mol. The third-order valence-corrected chi connectivity index (χ3v) is 5.56. The van der Waals surface area contributed by atoms with Gasteiger partial charge in [-0.1, -0.05) is 82.3 Å². The minimum Gasteiger partial charge on any atom is -0.398 e. The van der Waals surface area contributed by atoms with Crippen LogP contribution in [0.1, 0.15) is 85.1 Å². The summed E-state index contributed by atoms with van der Waals surface area (Å²) in [5.41, 5.74) is 12.1. The molecule has 3 aromatic rings. The molecule has 152 valence electrons. The molecule has 0 fully saturated rings. The molecule has 0 aliphatic carbocycles. The Kier molecular flexibility index (Phi) is 6.41. The first-order valence-electron chi connectivity index (χ1n) is 10.2. The molecular formula is C26H31NO2. The molecule has 0 aliphatic rings. The van der Waals surface area contributed by atoms with Gasteiger partial charge in [0.2, 0.25) is 0 Å². The second kappa shape index (κ2) is 8.81. The van der Waals surface area contributed by atoms with Crippen molar-refractivity contribution in [2.75, 3.05) is 5.73 Å². The molecule has 0 heterocycles. The van der Waals surface area contributed by atoms with Gasteiger partial charge < -0.3 is 15.9 Å². The number of nitrogens with two attached hydrogens (primary N) is 1. The van der Waals surface area contributed by atoms with Gasteiger partial charge >= 0.3 is 0 Å². The summed E-state index contributed by atoms with van der Waals surface area (Å²) >= 11 is 0. The Morgan fingerprint density at radius 3 is 1.38 bits per heavy atom. The Bertz CT molecular complexity index is 943. The van der Waals surface area contributed by atoms with Crippen molar-refractivity contribution in [3.8, 4) is 0 Å². The third-order valence-electron chi connectivity index (χ3n) is 5.56. The molecule has 4 N–H and O–H groups in total. The Morgan fingerprint density at radius 2 is 0.931 bits per heavy atom. The van der Waals surface area contributed by atoms with Crippen molar-refractivity contribution in [3.63, 3.8) is 0 Å². The summed E-state index contributed by atoms with van der Waals surface area (Å²) in [5.74, 6) is 0.883. The Labute approximate surface area is 173 Å². The summed E-state index contributed by atoms with van der Waals surface area (Å²) in [6, 6.07) is 21.3. The van der Waals surface area contributed by atoms with Crippen molar-refractivity contribution in [1.82, 2.24) is 0 Å². The number of rotatable bonds is 6. The van der Waals surface area contributed by atoms with Gasteiger partial charge in [0.15, 0.2) is 0 Å². The summed E-state index contributed by atoms with van der Waals surface area (Å²) in [5, 5.41) is 21.8. The summed E-state index contributed by atoms with van der Waals surface area (Å²) in [4.78, 5) is 0. The molecule has 29 heavy (non-hydrogen) atoms. The van der Waals surface area contributed by atoms with Crippen molar-refractivity contribution >= 4 is 5.69 Å². The van der Waals surface area contributed by atoms with Crippen LogP contribution in [0.3, 0.4) is 0 Å². The molecule has 0 radical (unpaired) electrons. The zero-order chi connectivity index (χ0) is 21.1. The average molecular weight is 390 g/mol. The van der Waals surface area contributed by atoms with Crippen molar-refractivity contribution in [1.29, 1.82) is 0 Å². The van der Waals surface area contributed by atoms with E-state index in [4.69, 9.17) is 5.73 Å². The van der Waals surface area contributed by atoms with Crippen LogP contribution in [0, 0.1) is 0 Å². The van der Waals surface area contributed by atoms with Crippen LogP contribution in [-0.4, -0.2) is 10.2 Å². The molecule has 3 heteroatoms. The molecule has 0 amide bonds. The fraction of sp³-hybridized carbons (Fsp3) is 0.308. The van der Waals surface area contributed by atoms with Crippen LogP contribution >= 0.6 is 0 Å². The fourth-order valence-corrected chi connectivity index (χ4v) is 3.50. The molecule has 3 aromatic carbocycles. The number of nitrogen functional groups attached to an aromatic ring is 1. The Hall–Kier alpha value is -2.62. The first-order chi connectivity index (χ1) is 13.8. The van der Waals surface area contributed by atoms with Crippen molar-refractivity contribution in [2.45, 2.75) is 51.7 Å². The zero-order valence-electron chi connectivity index (χ0n) is 17.6. The van der Waals surface area contributed by atoms with Crippen molar-refractivity contribution in [2.24, 2.45) is 0 Å². The van der Waals surface area contributed by atoms with E-state index in [1.807, 2.05) is 54.6 Å². The van der Waals surface area contributed by atoms with E-state index < -0.39 is 12.2 Å². The lowest BCUT2D eigenvalue weighted by Crippen LogP contribution is -2.07. The van der Waals surface area contributed by atoms with E-state index in [0.717, 1.165) is 11.1 Å². The molecule has 3 rings (SSSR count). The van der Waals surface area contributed by atoms with E-state index in [2.05, 4.69) is 27.7 Å². The van der Waals surface area contributed by atoms with Crippen LogP contribution in [0.2, 0.25) is 0 Å². The first-order valence-corrected chi connectivity index (χ1v) is 10.2. The van der Waals surface area contributed by atoms with E-state index in [1.165, 1.54) is 11.1 Å². The summed E-state index contributed by atoms with van der Waals surface area (Å²) < 4.78 is 0. The van der Waals surface area contributed by atoms with E-state index in [0.29, 0.717) is 28.7 Å². The minimum absolute atomic E-state index is 0.437. The molecule has 0 saturated heterocycles. The maximum atomic E-state index is 10.9. The van der Waals surface area contributed by atoms with Gasteiger partial charge in [0.25, 0.3) is 0 Å². The molecule has 2 atom stereocenters. The molecular weight excluding hydrogens is 358 g/mol. The smallest absolute Gasteiger partial charge is 0.106 e. The quantitative estimate of drug-likeness (QED) is 0.475. The van der Waals surface area contributed by atoms with E-state index >= 15 is 0 Å². The van der Waals surface area contributed by atoms with Gasteiger partial charge in [-0.25, -0.2) is 0 Å². The van der Waals surface area contributed by atoms with E-state index in [-0.39, 0.29) is 0 Å². The van der Waals surface area contributed by atoms with Crippen LogP contribution in [0.5, 0.6) is 0 Å². The van der Waals surface area contributed by atoms with Crippen LogP contribution in [0.25, 0.3) is 0 Å². The van der Waals surface area contributed by atoms with Gasteiger partial charge in [-0.2, -0.15) is 0 Å². The van der Waals surface area contributed by atoms with Crippen molar-refractivity contribution in [3.05, 3.63) is 100 Å². The largest absolute Gasteiger partial charge is 0.398 e. The molecule has 0 bridgehead atoms. The number of aliphatic hydroxyl groups excluding tert-OH is 2. The molecule has 3 nitrogen and oxygen atoms in total. The van der Waals surface area contributed by atoms with Crippen LogP contribution in [0.4, 0.5) is 5.69 Å². The molecule has 0 aliphatic heterocycles. The highest BCUT2D eigenvalue weighted by Gasteiger charge is 2.18. The standard InChI is InChI=1S/C26H31NO2/c1-16(2)18-5-9-20(10-6-18)25(28)22-13-14-24(27)23(15-22)26(29)21-11-7-19(8-12-21)17(3)4/h5-17,25-26,28-29H,27H2,1-4H3. The second-order valence-corrected chi connectivity index (χ2v) is 8.34. The summed E-state index contributed by atoms with van der Waals surface area (Å²) in [6.07, 6.45) is -1.61.